The molecule has 5 nitrogen and oxygen atoms in total. The Labute approximate surface area is 174 Å². The van der Waals surface area contributed by atoms with Crippen molar-refractivity contribution in [2.24, 2.45) is 0 Å². The molecule has 2 heterocycles. The summed E-state index contributed by atoms with van der Waals surface area (Å²) < 4.78 is 11.9. The molecular formula is C23H24N2O3S. The molecule has 2 aromatic carbocycles. The zero-order valence-electron chi connectivity index (χ0n) is 16.6. The second kappa shape index (κ2) is 8.66. The molecule has 0 radical (unpaired) electrons. The number of nitrogens with zero attached hydrogens (tertiary/aromatic N) is 2. The van der Waals surface area contributed by atoms with E-state index < -0.39 is 0 Å². The molecule has 1 aliphatic rings. The number of ether oxygens (including phenoxy) is 2. The fourth-order valence-electron chi connectivity index (χ4n) is 3.65. The number of piperidine rings is 1. The Balaban J connectivity index is 1.39. The largest absolute Gasteiger partial charge is 0.497 e. The van der Waals surface area contributed by atoms with Crippen molar-refractivity contribution in [3.05, 3.63) is 59.1 Å². The van der Waals surface area contributed by atoms with E-state index in [0.717, 1.165) is 42.8 Å². The quantitative estimate of drug-likeness (QED) is 0.573. The molecule has 0 atom stereocenters. The predicted molar refractivity (Wildman–Crippen MR) is 117 cm³/mol. The zero-order valence-corrected chi connectivity index (χ0v) is 17.4. The Kier molecular flexibility index (Phi) is 5.81. The Morgan fingerprint density at radius 1 is 1.14 bits per heavy atom. The highest BCUT2D eigenvalue weighted by Crippen LogP contribution is 2.34. The maximum Gasteiger partial charge on any atom is 0.246 e. The average molecular weight is 409 g/mol. The minimum absolute atomic E-state index is 0.0256. The molecule has 0 spiro atoms. The van der Waals surface area contributed by atoms with Crippen LogP contribution in [0.25, 0.3) is 16.3 Å². The van der Waals surface area contributed by atoms with Crippen molar-refractivity contribution in [2.45, 2.75) is 18.8 Å². The highest BCUT2D eigenvalue weighted by molar-refractivity contribution is 7.18. The number of hydrogen-bond acceptors (Lipinski definition) is 5. The summed E-state index contributed by atoms with van der Waals surface area (Å²) in [5, 5.41) is 1.19. The molecule has 1 aromatic heterocycles. The summed E-state index contributed by atoms with van der Waals surface area (Å²) in [6.45, 7) is 1.50. The molecule has 4 rings (SSSR count). The number of carbonyl (C=O) groups excluding carboxylic acids is 1. The molecule has 29 heavy (non-hydrogen) atoms. The fourth-order valence-corrected chi connectivity index (χ4v) is 4.78. The summed E-state index contributed by atoms with van der Waals surface area (Å²) >= 11 is 1.77. The molecule has 0 aliphatic carbocycles. The maximum atomic E-state index is 12.7. The number of para-hydroxylation sites is 1. The van der Waals surface area contributed by atoms with Gasteiger partial charge >= 0.3 is 0 Å². The molecular weight excluding hydrogens is 384 g/mol. The number of thiazole rings is 1. The highest BCUT2D eigenvalue weighted by atomic mass is 32.1. The standard InChI is InChI=1S/C23H24N2O3S/c1-27-18-8-9-20(28-2)17(15-18)7-10-22(26)25-13-11-16(12-14-25)23-24-19-5-3-4-6-21(19)29-23/h3-10,15-16H,11-14H2,1-2H3/b10-7+. The molecule has 0 saturated carbocycles. The molecule has 1 amide bonds. The van der Waals surface area contributed by atoms with E-state index in [0.29, 0.717) is 11.7 Å². The van der Waals surface area contributed by atoms with Crippen LogP contribution in [0.4, 0.5) is 0 Å². The van der Waals surface area contributed by atoms with Gasteiger partial charge in [-0.05, 0) is 49.2 Å². The van der Waals surface area contributed by atoms with Crippen LogP contribution in [0.15, 0.2) is 48.5 Å². The van der Waals surface area contributed by atoms with Gasteiger partial charge in [0.25, 0.3) is 0 Å². The smallest absolute Gasteiger partial charge is 0.246 e. The first-order chi connectivity index (χ1) is 14.2. The van der Waals surface area contributed by atoms with Crippen molar-refractivity contribution in [1.82, 2.24) is 9.88 Å². The van der Waals surface area contributed by atoms with Gasteiger partial charge in [0.2, 0.25) is 5.91 Å². The first kappa shape index (κ1) is 19.5. The van der Waals surface area contributed by atoms with Gasteiger partial charge in [0.1, 0.15) is 11.5 Å². The molecule has 0 bridgehead atoms. The minimum atomic E-state index is 0.0256. The Hall–Kier alpha value is -2.86. The van der Waals surface area contributed by atoms with E-state index in [4.69, 9.17) is 14.5 Å². The third kappa shape index (κ3) is 4.27. The van der Waals surface area contributed by atoms with Crippen molar-refractivity contribution >= 4 is 33.5 Å². The molecule has 1 saturated heterocycles. The third-order valence-electron chi connectivity index (χ3n) is 5.31. The van der Waals surface area contributed by atoms with Crippen LogP contribution in [0.3, 0.4) is 0 Å². The molecule has 6 heteroatoms. The van der Waals surface area contributed by atoms with Crippen molar-refractivity contribution in [3.63, 3.8) is 0 Å². The Bertz CT molecular complexity index is 1000. The monoisotopic (exact) mass is 408 g/mol. The lowest BCUT2D eigenvalue weighted by Crippen LogP contribution is -2.36. The lowest BCUT2D eigenvalue weighted by Gasteiger charge is -2.30. The van der Waals surface area contributed by atoms with Crippen molar-refractivity contribution in [3.8, 4) is 11.5 Å². The molecule has 1 fully saturated rings. The second-order valence-electron chi connectivity index (χ2n) is 7.06. The molecule has 0 unspecified atom stereocenters. The Morgan fingerprint density at radius 2 is 1.93 bits per heavy atom. The maximum absolute atomic E-state index is 12.7. The molecule has 0 N–H and O–H groups in total. The number of aromatic nitrogens is 1. The van der Waals surface area contributed by atoms with Crippen molar-refractivity contribution in [1.29, 1.82) is 0 Å². The van der Waals surface area contributed by atoms with E-state index >= 15 is 0 Å². The van der Waals surface area contributed by atoms with Crippen LogP contribution < -0.4 is 9.47 Å². The number of amides is 1. The van der Waals surface area contributed by atoms with Gasteiger partial charge in [-0.15, -0.1) is 11.3 Å². The topological polar surface area (TPSA) is 51.7 Å². The van der Waals surface area contributed by atoms with Crippen LogP contribution in [0.1, 0.15) is 29.3 Å². The minimum Gasteiger partial charge on any atom is -0.497 e. The van der Waals surface area contributed by atoms with E-state index in [1.807, 2.05) is 29.2 Å². The van der Waals surface area contributed by atoms with Gasteiger partial charge in [-0.2, -0.15) is 0 Å². The van der Waals surface area contributed by atoms with Gasteiger partial charge in [-0.1, -0.05) is 12.1 Å². The summed E-state index contributed by atoms with van der Waals surface area (Å²) in [7, 11) is 3.24. The first-order valence-electron chi connectivity index (χ1n) is 9.72. The van der Waals surface area contributed by atoms with E-state index in [1.165, 1.54) is 9.71 Å². The number of carbonyl (C=O) groups is 1. The van der Waals surface area contributed by atoms with Crippen LogP contribution in [0.5, 0.6) is 11.5 Å². The Morgan fingerprint density at radius 3 is 2.66 bits per heavy atom. The SMILES string of the molecule is COc1ccc(OC)c(/C=C/C(=O)N2CCC(c3nc4ccccc4s3)CC2)c1. The van der Waals surface area contributed by atoms with Crippen LogP contribution in [-0.4, -0.2) is 43.1 Å². The third-order valence-corrected chi connectivity index (χ3v) is 6.51. The van der Waals surface area contributed by atoms with Crippen molar-refractivity contribution < 1.29 is 14.3 Å². The van der Waals surface area contributed by atoms with Crippen LogP contribution in [-0.2, 0) is 4.79 Å². The predicted octanol–water partition coefficient (Wildman–Crippen LogP) is 4.73. The summed E-state index contributed by atoms with van der Waals surface area (Å²) in [6, 6.07) is 13.8. The summed E-state index contributed by atoms with van der Waals surface area (Å²) in [4.78, 5) is 19.4. The summed E-state index contributed by atoms with van der Waals surface area (Å²) in [5.41, 5.74) is 1.89. The average Bonchev–Trinajstić information content (AvgIpc) is 3.21. The summed E-state index contributed by atoms with van der Waals surface area (Å²) in [6.07, 6.45) is 5.31. The number of likely N-dealkylation sites (tertiary alicyclic amines) is 1. The van der Waals surface area contributed by atoms with Crippen LogP contribution in [0, 0.1) is 0 Å². The number of hydrogen-bond donors (Lipinski definition) is 0. The summed E-state index contributed by atoms with van der Waals surface area (Å²) in [5.74, 6) is 1.90. The second-order valence-corrected chi connectivity index (χ2v) is 8.12. The van der Waals surface area contributed by atoms with Gasteiger partial charge < -0.3 is 14.4 Å². The number of benzene rings is 2. The number of fused-ring (bicyclic) bond motifs is 1. The lowest BCUT2D eigenvalue weighted by molar-refractivity contribution is -0.126. The number of methoxy groups -OCH3 is 2. The van der Waals surface area contributed by atoms with Crippen LogP contribution >= 0.6 is 11.3 Å². The lowest BCUT2D eigenvalue weighted by atomic mass is 9.97. The van der Waals surface area contributed by atoms with Gasteiger partial charge in [0.15, 0.2) is 0 Å². The van der Waals surface area contributed by atoms with Crippen molar-refractivity contribution in [2.75, 3.05) is 27.3 Å². The van der Waals surface area contributed by atoms with E-state index in [9.17, 15) is 4.79 Å². The zero-order chi connectivity index (χ0) is 20.2. The van der Waals surface area contributed by atoms with E-state index in [-0.39, 0.29) is 5.91 Å². The number of rotatable bonds is 5. The van der Waals surface area contributed by atoms with E-state index in [2.05, 4.69) is 18.2 Å². The van der Waals surface area contributed by atoms with Gasteiger partial charge in [-0.25, -0.2) is 4.98 Å². The van der Waals surface area contributed by atoms with Crippen LogP contribution in [0.2, 0.25) is 0 Å². The first-order valence-corrected chi connectivity index (χ1v) is 10.5. The van der Waals surface area contributed by atoms with Gasteiger partial charge in [0, 0.05) is 30.6 Å². The molecule has 3 aromatic rings. The highest BCUT2D eigenvalue weighted by Gasteiger charge is 2.25. The normalized spacial score (nSPS) is 15.2. The van der Waals surface area contributed by atoms with Gasteiger partial charge in [-0.3, -0.25) is 4.79 Å². The van der Waals surface area contributed by atoms with E-state index in [1.54, 1.807) is 37.7 Å². The molecule has 150 valence electrons. The van der Waals surface area contributed by atoms with Gasteiger partial charge in [0.05, 0.1) is 29.4 Å². The fraction of sp³-hybridized carbons (Fsp3) is 0.304. The molecule has 1 aliphatic heterocycles.